The number of nitrogens with zero attached hydrogens (tertiary/aromatic N) is 1. The first-order valence-corrected chi connectivity index (χ1v) is 5.52. The van der Waals surface area contributed by atoms with E-state index in [1.54, 1.807) is 18.3 Å². The molecule has 0 bridgehead atoms. The standard InChI is InChI=1S/C12H18N2O2/c1-3-4-11(15)8-14-12(16)10-5-6-13-9(2)7-10/h5-7,11,15H,3-4,8H2,1-2H3,(H,14,16). The Kier molecular flexibility index (Phi) is 4.92. The van der Waals surface area contributed by atoms with Crippen LogP contribution in [0.5, 0.6) is 0 Å². The maximum absolute atomic E-state index is 11.7. The van der Waals surface area contributed by atoms with Crippen LogP contribution in [0.2, 0.25) is 0 Å². The number of pyridine rings is 1. The Hall–Kier alpha value is -1.42. The van der Waals surface area contributed by atoms with E-state index in [-0.39, 0.29) is 5.91 Å². The smallest absolute Gasteiger partial charge is 0.251 e. The Morgan fingerprint density at radius 3 is 3.00 bits per heavy atom. The van der Waals surface area contributed by atoms with Crippen LogP contribution < -0.4 is 5.32 Å². The third-order valence-electron chi connectivity index (χ3n) is 2.28. The Balaban J connectivity index is 2.47. The Morgan fingerprint density at radius 1 is 1.62 bits per heavy atom. The average Bonchev–Trinajstić information content (AvgIpc) is 2.26. The predicted molar refractivity (Wildman–Crippen MR) is 62.2 cm³/mol. The zero-order chi connectivity index (χ0) is 12.0. The van der Waals surface area contributed by atoms with Gasteiger partial charge in [-0.1, -0.05) is 13.3 Å². The maximum atomic E-state index is 11.7. The fraction of sp³-hybridized carbons (Fsp3) is 0.500. The Morgan fingerprint density at radius 2 is 2.38 bits per heavy atom. The van der Waals surface area contributed by atoms with Crippen LogP contribution in [0, 0.1) is 6.92 Å². The molecule has 1 atom stereocenters. The molecule has 88 valence electrons. The molecular formula is C12H18N2O2. The number of aliphatic hydroxyl groups is 1. The van der Waals surface area contributed by atoms with Gasteiger partial charge in [0.25, 0.3) is 5.91 Å². The van der Waals surface area contributed by atoms with Gasteiger partial charge in [0, 0.05) is 24.0 Å². The lowest BCUT2D eigenvalue weighted by molar-refractivity contribution is 0.0910. The van der Waals surface area contributed by atoms with Crippen molar-refractivity contribution in [3.05, 3.63) is 29.6 Å². The van der Waals surface area contributed by atoms with Gasteiger partial charge in [0.05, 0.1) is 6.10 Å². The molecule has 1 heterocycles. The second kappa shape index (κ2) is 6.23. The monoisotopic (exact) mass is 222 g/mol. The Bertz CT molecular complexity index is 353. The lowest BCUT2D eigenvalue weighted by atomic mass is 10.2. The van der Waals surface area contributed by atoms with Gasteiger partial charge in [0.1, 0.15) is 0 Å². The molecule has 4 heteroatoms. The van der Waals surface area contributed by atoms with Crippen LogP contribution >= 0.6 is 0 Å². The molecule has 1 aromatic heterocycles. The number of carbonyl (C=O) groups is 1. The van der Waals surface area contributed by atoms with Crippen LogP contribution in [0.3, 0.4) is 0 Å². The minimum Gasteiger partial charge on any atom is -0.391 e. The summed E-state index contributed by atoms with van der Waals surface area (Å²) in [7, 11) is 0. The summed E-state index contributed by atoms with van der Waals surface area (Å²) in [6.07, 6.45) is 2.75. The van der Waals surface area contributed by atoms with E-state index >= 15 is 0 Å². The molecule has 16 heavy (non-hydrogen) atoms. The summed E-state index contributed by atoms with van der Waals surface area (Å²) in [6, 6.07) is 3.38. The molecule has 1 aromatic rings. The second-order valence-electron chi connectivity index (χ2n) is 3.84. The number of hydrogen-bond donors (Lipinski definition) is 2. The Labute approximate surface area is 95.7 Å². The maximum Gasteiger partial charge on any atom is 0.251 e. The van der Waals surface area contributed by atoms with Crippen molar-refractivity contribution in [1.29, 1.82) is 0 Å². The second-order valence-corrected chi connectivity index (χ2v) is 3.84. The third kappa shape index (κ3) is 3.98. The van der Waals surface area contributed by atoms with E-state index in [1.807, 2.05) is 13.8 Å². The van der Waals surface area contributed by atoms with E-state index in [4.69, 9.17) is 0 Å². The first-order chi connectivity index (χ1) is 7.63. The van der Waals surface area contributed by atoms with Crippen molar-refractivity contribution in [2.24, 2.45) is 0 Å². The number of aryl methyl sites for hydroxylation is 1. The van der Waals surface area contributed by atoms with Gasteiger partial charge in [-0.05, 0) is 25.5 Å². The third-order valence-corrected chi connectivity index (χ3v) is 2.28. The highest BCUT2D eigenvalue weighted by atomic mass is 16.3. The largest absolute Gasteiger partial charge is 0.391 e. The van der Waals surface area contributed by atoms with Gasteiger partial charge >= 0.3 is 0 Å². The van der Waals surface area contributed by atoms with Crippen molar-refractivity contribution in [3.8, 4) is 0 Å². The summed E-state index contributed by atoms with van der Waals surface area (Å²) in [5.74, 6) is -0.166. The molecule has 0 saturated heterocycles. The molecule has 1 unspecified atom stereocenters. The van der Waals surface area contributed by atoms with Gasteiger partial charge in [-0.15, -0.1) is 0 Å². The van der Waals surface area contributed by atoms with Crippen molar-refractivity contribution < 1.29 is 9.90 Å². The summed E-state index contributed by atoms with van der Waals surface area (Å²) in [5, 5.41) is 12.2. The molecule has 0 aliphatic rings. The van der Waals surface area contributed by atoms with Gasteiger partial charge in [-0.3, -0.25) is 9.78 Å². The van der Waals surface area contributed by atoms with Crippen LogP contribution in [0.1, 0.15) is 35.8 Å². The van der Waals surface area contributed by atoms with Crippen LogP contribution in [0.4, 0.5) is 0 Å². The number of rotatable bonds is 5. The molecule has 0 radical (unpaired) electrons. The first kappa shape index (κ1) is 12.6. The SMILES string of the molecule is CCCC(O)CNC(=O)c1ccnc(C)c1. The summed E-state index contributed by atoms with van der Waals surface area (Å²) in [5.41, 5.74) is 1.39. The van der Waals surface area contributed by atoms with Gasteiger partial charge in [-0.25, -0.2) is 0 Å². The van der Waals surface area contributed by atoms with Gasteiger partial charge < -0.3 is 10.4 Å². The first-order valence-electron chi connectivity index (χ1n) is 5.52. The molecule has 4 nitrogen and oxygen atoms in total. The highest BCUT2D eigenvalue weighted by Gasteiger charge is 2.08. The van der Waals surface area contributed by atoms with E-state index in [1.165, 1.54) is 0 Å². The zero-order valence-corrected chi connectivity index (χ0v) is 9.73. The minimum absolute atomic E-state index is 0.166. The summed E-state index contributed by atoms with van der Waals surface area (Å²) >= 11 is 0. The van der Waals surface area contributed by atoms with Crippen molar-refractivity contribution in [2.45, 2.75) is 32.8 Å². The summed E-state index contributed by atoms with van der Waals surface area (Å²) < 4.78 is 0. The molecule has 0 aliphatic heterocycles. The number of aliphatic hydroxyl groups excluding tert-OH is 1. The highest BCUT2D eigenvalue weighted by Crippen LogP contribution is 2.01. The van der Waals surface area contributed by atoms with Crippen LogP contribution in [0.15, 0.2) is 18.3 Å². The highest BCUT2D eigenvalue weighted by molar-refractivity contribution is 5.94. The molecule has 0 spiro atoms. The predicted octanol–water partition coefficient (Wildman–Crippen LogP) is 1.28. The molecule has 1 amide bonds. The minimum atomic E-state index is -0.461. The number of amides is 1. The molecule has 0 aromatic carbocycles. The average molecular weight is 222 g/mol. The van der Waals surface area contributed by atoms with Crippen molar-refractivity contribution in [3.63, 3.8) is 0 Å². The fourth-order valence-electron chi connectivity index (χ4n) is 1.43. The van der Waals surface area contributed by atoms with Crippen LogP contribution in [-0.4, -0.2) is 28.6 Å². The number of carbonyl (C=O) groups excluding carboxylic acids is 1. The molecule has 0 saturated carbocycles. The van der Waals surface area contributed by atoms with Crippen molar-refractivity contribution >= 4 is 5.91 Å². The van der Waals surface area contributed by atoms with Crippen LogP contribution in [0.25, 0.3) is 0 Å². The summed E-state index contributed by atoms with van der Waals surface area (Å²) in [4.78, 5) is 15.7. The van der Waals surface area contributed by atoms with E-state index in [0.717, 1.165) is 12.1 Å². The van der Waals surface area contributed by atoms with Crippen molar-refractivity contribution in [2.75, 3.05) is 6.54 Å². The number of hydrogen-bond acceptors (Lipinski definition) is 3. The number of nitrogens with one attached hydrogen (secondary N) is 1. The van der Waals surface area contributed by atoms with Gasteiger partial charge in [0.15, 0.2) is 0 Å². The molecule has 0 fully saturated rings. The molecule has 2 N–H and O–H groups in total. The lowest BCUT2D eigenvalue weighted by Crippen LogP contribution is -2.32. The van der Waals surface area contributed by atoms with Gasteiger partial charge in [0.2, 0.25) is 0 Å². The van der Waals surface area contributed by atoms with Crippen molar-refractivity contribution in [1.82, 2.24) is 10.3 Å². The van der Waals surface area contributed by atoms with Gasteiger partial charge in [-0.2, -0.15) is 0 Å². The van der Waals surface area contributed by atoms with E-state index in [2.05, 4.69) is 10.3 Å². The van der Waals surface area contributed by atoms with E-state index in [9.17, 15) is 9.90 Å². The molecule has 1 rings (SSSR count). The molecular weight excluding hydrogens is 204 g/mol. The summed E-state index contributed by atoms with van der Waals surface area (Å²) in [6.45, 7) is 4.13. The van der Waals surface area contributed by atoms with Crippen LogP contribution in [-0.2, 0) is 0 Å². The number of aromatic nitrogens is 1. The topological polar surface area (TPSA) is 62.2 Å². The van der Waals surface area contributed by atoms with E-state index in [0.29, 0.717) is 18.5 Å². The quantitative estimate of drug-likeness (QED) is 0.789. The zero-order valence-electron chi connectivity index (χ0n) is 9.73. The lowest BCUT2D eigenvalue weighted by Gasteiger charge is -2.10. The fourth-order valence-corrected chi connectivity index (χ4v) is 1.43. The molecule has 0 aliphatic carbocycles. The normalized spacial score (nSPS) is 12.2. The van der Waals surface area contributed by atoms with E-state index < -0.39 is 6.10 Å².